The zero-order valence-electron chi connectivity index (χ0n) is 12.3. The Morgan fingerprint density at radius 2 is 2.29 bits per heavy atom. The number of nitrogens with one attached hydrogen (secondary N) is 1. The normalized spacial score (nSPS) is 29.0. The van der Waals surface area contributed by atoms with Crippen LogP contribution in [0.5, 0.6) is 0 Å². The summed E-state index contributed by atoms with van der Waals surface area (Å²) in [4.78, 5) is 15.0. The Morgan fingerprint density at radius 3 is 3.05 bits per heavy atom. The molecular formula is C16H21BrN2O2. The fourth-order valence-electron chi connectivity index (χ4n) is 3.74. The van der Waals surface area contributed by atoms with Crippen molar-refractivity contribution in [1.29, 1.82) is 0 Å². The number of esters is 1. The third kappa shape index (κ3) is 2.69. The first-order chi connectivity index (χ1) is 10.2. The number of hydrogen-bond acceptors (Lipinski definition) is 4. The SMILES string of the molecule is COC(=O)C1(Nc2cccc(Br)c2)CCN2CCCCC21. The molecule has 2 fully saturated rings. The molecule has 0 amide bonds. The van der Waals surface area contributed by atoms with Crippen LogP contribution in [0.4, 0.5) is 5.69 Å². The first-order valence-electron chi connectivity index (χ1n) is 7.52. The fourth-order valence-corrected chi connectivity index (χ4v) is 4.14. The molecule has 4 nitrogen and oxygen atoms in total. The van der Waals surface area contributed by atoms with Gasteiger partial charge >= 0.3 is 5.97 Å². The van der Waals surface area contributed by atoms with E-state index in [2.05, 4.69) is 26.1 Å². The molecule has 2 saturated heterocycles. The van der Waals surface area contributed by atoms with E-state index in [0.29, 0.717) is 0 Å². The van der Waals surface area contributed by atoms with E-state index in [1.807, 2.05) is 24.3 Å². The Balaban J connectivity index is 1.92. The smallest absolute Gasteiger partial charge is 0.333 e. The molecule has 0 aromatic heterocycles. The molecule has 0 bridgehead atoms. The number of carbonyl (C=O) groups is 1. The maximum absolute atomic E-state index is 12.6. The Bertz CT molecular complexity index is 537. The number of carbonyl (C=O) groups excluding carboxylic acids is 1. The van der Waals surface area contributed by atoms with Crippen LogP contribution in [0.3, 0.4) is 0 Å². The van der Waals surface area contributed by atoms with Gasteiger partial charge in [-0.15, -0.1) is 0 Å². The highest BCUT2D eigenvalue weighted by molar-refractivity contribution is 9.10. The maximum atomic E-state index is 12.6. The third-order valence-corrected chi connectivity index (χ3v) is 5.21. The van der Waals surface area contributed by atoms with Gasteiger partial charge in [0.2, 0.25) is 0 Å². The predicted molar refractivity (Wildman–Crippen MR) is 86.3 cm³/mol. The second-order valence-electron chi connectivity index (χ2n) is 5.90. The van der Waals surface area contributed by atoms with Crippen LogP contribution in [0.1, 0.15) is 25.7 Å². The van der Waals surface area contributed by atoms with Crippen LogP contribution in [-0.4, -0.2) is 42.6 Å². The monoisotopic (exact) mass is 352 g/mol. The molecule has 1 aromatic rings. The molecule has 2 unspecified atom stereocenters. The van der Waals surface area contributed by atoms with E-state index in [4.69, 9.17) is 4.74 Å². The standard InChI is InChI=1S/C16H21BrN2O2/c1-21-15(20)16(18-13-6-4-5-12(17)11-13)8-10-19-9-3-2-7-14(16)19/h4-6,11,14,18H,2-3,7-10H2,1H3. The number of ether oxygens (including phenoxy) is 1. The number of anilines is 1. The van der Waals surface area contributed by atoms with Crippen molar-refractivity contribution in [2.24, 2.45) is 0 Å². The van der Waals surface area contributed by atoms with Gasteiger partial charge in [0.05, 0.1) is 7.11 Å². The van der Waals surface area contributed by atoms with E-state index in [0.717, 1.165) is 36.1 Å². The van der Waals surface area contributed by atoms with E-state index in [9.17, 15) is 4.79 Å². The van der Waals surface area contributed by atoms with E-state index in [-0.39, 0.29) is 12.0 Å². The summed E-state index contributed by atoms with van der Waals surface area (Å²) in [6, 6.07) is 8.21. The van der Waals surface area contributed by atoms with Gasteiger partial charge in [-0.1, -0.05) is 28.4 Å². The van der Waals surface area contributed by atoms with Gasteiger partial charge in [0, 0.05) is 22.7 Å². The molecule has 0 spiro atoms. The lowest BCUT2D eigenvalue weighted by Gasteiger charge is -2.39. The van der Waals surface area contributed by atoms with Gasteiger partial charge in [0.1, 0.15) is 0 Å². The molecule has 2 heterocycles. The Morgan fingerprint density at radius 1 is 1.43 bits per heavy atom. The van der Waals surface area contributed by atoms with E-state index in [1.165, 1.54) is 20.0 Å². The summed E-state index contributed by atoms with van der Waals surface area (Å²) in [5, 5.41) is 3.50. The number of benzene rings is 1. The number of piperidine rings is 1. The second-order valence-corrected chi connectivity index (χ2v) is 6.81. The lowest BCUT2D eigenvalue weighted by atomic mass is 9.85. The van der Waals surface area contributed by atoms with Crippen LogP contribution in [0.15, 0.2) is 28.7 Å². The van der Waals surface area contributed by atoms with Crippen molar-refractivity contribution in [1.82, 2.24) is 4.90 Å². The summed E-state index contributed by atoms with van der Waals surface area (Å²) in [6.45, 7) is 2.05. The molecule has 5 heteroatoms. The van der Waals surface area contributed by atoms with Crippen molar-refractivity contribution >= 4 is 27.6 Å². The van der Waals surface area contributed by atoms with Crippen LogP contribution in [0.25, 0.3) is 0 Å². The van der Waals surface area contributed by atoms with Crippen LogP contribution in [0, 0.1) is 0 Å². The number of nitrogens with zero attached hydrogens (tertiary/aromatic N) is 1. The van der Waals surface area contributed by atoms with Gasteiger partial charge in [-0.2, -0.15) is 0 Å². The van der Waals surface area contributed by atoms with Gasteiger partial charge in [0.15, 0.2) is 5.54 Å². The molecule has 0 radical (unpaired) electrons. The molecule has 2 aliphatic rings. The van der Waals surface area contributed by atoms with Crippen molar-refractivity contribution < 1.29 is 9.53 Å². The van der Waals surface area contributed by atoms with Crippen molar-refractivity contribution in [3.05, 3.63) is 28.7 Å². The first kappa shape index (κ1) is 14.9. The lowest BCUT2D eigenvalue weighted by molar-refractivity contribution is -0.147. The molecule has 0 aliphatic carbocycles. The summed E-state index contributed by atoms with van der Waals surface area (Å²) >= 11 is 3.49. The Hall–Kier alpha value is -1.07. The largest absolute Gasteiger partial charge is 0.467 e. The van der Waals surface area contributed by atoms with Crippen molar-refractivity contribution in [3.63, 3.8) is 0 Å². The van der Waals surface area contributed by atoms with Gasteiger partial charge in [-0.3, -0.25) is 4.90 Å². The summed E-state index contributed by atoms with van der Waals surface area (Å²) in [5.74, 6) is -0.142. The number of fused-ring (bicyclic) bond motifs is 1. The Kier molecular flexibility index (Phi) is 4.22. The molecule has 114 valence electrons. The third-order valence-electron chi connectivity index (χ3n) is 4.72. The molecule has 1 N–H and O–H groups in total. The molecule has 21 heavy (non-hydrogen) atoms. The van der Waals surface area contributed by atoms with Crippen LogP contribution in [0.2, 0.25) is 0 Å². The zero-order chi connectivity index (χ0) is 14.9. The van der Waals surface area contributed by atoms with Gasteiger partial charge < -0.3 is 10.1 Å². The van der Waals surface area contributed by atoms with Gasteiger partial charge in [-0.25, -0.2) is 4.79 Å². The predicted octanol–water partition coefficient (Wildman–Crippen LogP) is 3.03. The average molecular weight is 353 g/mol. The summed E-state index contributed by atoms with van der Waals surface area (Å²) in [7, 11) is 1.48. The highest BCUT2D eigenvalue weighted by atomic mass is 79.9. The molecule has 0 saturated carbocycles. The number of rotatable bonds is 3. The zero-order valence-corrected chi connectivity index (χ0v) is 13.9. The van der Waals surface area contributed by atoms with Crippen LogP contribution >= 0.6 is 15.9 Å². The minimum Gasteiger partial charge on any atom is -0.467 e. The fraction of sp³-hybridized carbons (Fsp3) is 0.562. The molecule has 2 atom stereocenters. The highest BCUT2D eigenvalue weighted by Crippen LogP contribution is 2.38. The number of hydrogen-bond donors (Lipinski definition) is 1. The number of methoxy groups -OCH3 is 1. The van der Waals surface area contributed by atoms with Crippen molar-refractivity contribution in [2.75, 3.05) is 25.5 Å². The van der Waals surface area contributed by atoms with Gasteiger partial charge in [0.25, 0.3) is 0 Å². The van der Waals surface area contributed by atoms with E-state index in [1.54, 1.807) is 0 Å². The average Bonchev–Trinajstić information content (AvgIpc) is 2.87. The number of halogens is 1. The molecule has 2 aliphatic heterocycles. The first-order valence-corrected chi connectivity index (χ1v) is 8.31. The van der Waals surface area contributed by atoms with Crippen molar-refractivity contribution in [3.8, 4) is 0 Å². The topological polar surface area (TPSA) is 41.6 Å². The quantitative estimate of drug-likeness (QED) is 0.849. The summed E-state index contributed by atoms with van der Waals surface area (Å²) in [6.07, 6.45) is 4.26. The van der Waals surface area contributed by atoms with E-state index < -0.39 is 5.54 Å². The van der Waals surface area contributed by atoms with Crippen molar-refractivity contribution in [2.45, 2.75) is 37.3 Å². The van der Waals surface area contributed by atoms with Crippen LogP contribution in [-0.2, 0) is 9.53 Å². The minimum absolute atomic E-state index is 0.142. The molecule has 3 rings (SSSR count). The lowest BCUT2D eigenvalue weighted by Crippen LogP contribution is -2.57. The van der Waals surface area contributed by atoms with Crippen LogP contribution < -0.4 is 5.32 Å². The van der Waals surface area contributed by atoms with E-state index >= 15 is 0 Å². The molecular weight excluding hydrogens is 332 g/mol. The highest BCUT2D eigenvalue weighted by Gasteiger charge is 2.54. The minimum atomic E-state index is -0.615. The maximum Gasteiger partial charge on any atom is 0.333 e. The summed E-state index contributed by atoms with van der Waals surface area (Å²) < 4.78 is 6.15. The molecule has 1 aromatic carbocycles. The second kappa shape index (κ2) is 5.97. The van der Waals surface area contributed by atoms with Gasteiger partial charge in [-0.05, 0) is 44.0 Å². The summed E-state index contributed by atoms with van der Waals surface area (Å²) in [5.41, 5.74) is 0.345. The Labute approximate surface area is 134 Å².